The minimum Gasteiger partial charge on any atom is -0.387 e. The predicted octanol–water partition coefficient (Wildman–Crippen LogP) is 3.72. The number of carbonyl (C=O) groups is 1. The molecular formula is C25H39N3O3. The molecule has 2 atom stereocenters. The first-order valence-corrected chi connectivity index (χ1v) is 12.3. The molecule has 1 amide bonds. The molecule has 3 aliphatic rings. The Kier molecular flexibility index (Phi) is 6.30. The lowest BCUT2D eigenvalue weighted by molar-refractivity contribution is -0.157. The van der Waals surface area contributed by atoms with E-state index in [1.54, 1.807) is 4.57 Å². The number of amides is 1. The van der Waals surface area contributed by atoms with Gasteiger partial charge in [-0.25, -0.2) is 0 Å². The third-order valence-corrected chi connectivity index (χ3v) is 8.11. The van der Waals surface area contributed by atoms with Crippen molar-refractivity contribution in [3.05, 3.63) is 28.4 Å². The molecule has 2 saturated carbocycles. The van der Waals surface area contributed by atoms with Crippen molar-refractivity contribution in [2.75, 3.05) is 13.1 Å². The van der Waals surface area contributed by atoms with Crippen molar-refractivity contribution < 1.29 is 9.90 Å². The summed E-state index contributed by atoms with van der Waals surface area (Å²) < 4.78 is 1.63. The molecule has 1 unspecified atom stereocenters. The first-order valence-electron chi connectivity index (χ1n) is 12.3. The lowest BCUT2D eigenvalue weighted by Gasteiger charge is -2.51. The van der Waals surface area contributed by atoms with Gasteiger partial charge in [0.2, 0.25) is 5.91 Å². The van der Waals surface area contributed by atoms with Crippen molar-refractivity contribution in [3.63, 3.8) is 0 Å². The minimum absolute atomic E-state index is 0.0361. The van der Waals surface area contributed by atoms with E-state index in [0.717, 1.165) is 25.0 Å². The maximum Gasteiger partial charge on any atom is 0.269 e. The number of carbonyl (C=O) groups excluding carboxylic acids is 1. The van der Waals surface area contributed by atoms with Crippen LogP contribution in [0.15, 0.2) is 17.2 Å². The highest BCUT2D eigenvalue weighted by Gasteiger charge is 2.49. The quantitative estimate of drug-likeness (QED) is 0.748. The van der Waals surface area contributed by atoms with E-state index in [0.29, 0.717) is 31.3 Å². The fourth-order valence-electron chi connectivity index (χ4n) is 5.63. The Morgan fingerprint density at radius 2 is 1.94 bits per heavy atom. The first-order chi connectivity index (χ1) is 14.7. The fourth-order valence-corrected chi connectivity index (χ4v) is 5.63. The second-order valence-corrected chi connectivity index (χ2v) is 11.1. The topological polar surface area (TPSA) is 75.4 Å². The largest absolute Gasteiger partial charge is 0.387 e. The molecule has 3 fully saturated rings. The molecule has 1 N–H and O–H groups in total. The van der Waals surface area contributed by atoms with Crippen LogP contribution in [-0.2, 0) is 11.3 Å². The molecule has 6 heteroatoms. The summed E-state index contributed by atoms with van der Waals surface area (Å²) in [5, 5.41) is 11.6. The van der Waals surface area contributed by atoms with E-state index in [4.69, 9.17) is 0 Å². The molecule has 4 rings (SSSR count). The number of hydrogen-bond donors (Lipinski definition) is 1. The number of piperidine rings is 1. The van der Waals surface area contributed by atoms with E-state index in [1.807, 2.05) is 24.9 Å². The highest BCUT2D eigenvalue weighted by atomic mass is 16.3. The molecule has 0 bridgehead atoms. The summed E-state index contributed by atoms with van der Waals surface area (Å²) in [5.74, 6) is 1.40. The van der Waals surface area contributed by atoms with E-state index >= 15 is 0 Å². The van der Waals surface area contributed by atoms with Crippen molar-refractivity contribution >= 4 is 5.91 Å². The lowest BCUT2D eigenvalue weighted by Crippen LogP contribution is -2.61. The third kappa shape index (κ3) is 4.89. The Hall–Kier alpha value is -1.69. The van der Waals surface area contributed by atoms with Crippen molar-refractivity contribution in [1.82, 2.24) is 14.5 Å². The van der Waals surface area contributed by atoms with Gasteiger partial charge >= 0.3 is 0 Å². The molecular weight excluding hydrogens is 390 g/mol. The molecule has 0 spiro atoms. The summed E-state index contributed by atoms with van der Waals surface area (Å²) in [7, 11) is 0. The zero-order valence-corrected chi connectivity index (χ0v) is 19.5. The van der Waals surface area contributed by atoms with Crippen LogP contribution in [0, 0.1) is 17.3 Å². The Labute approximate surface area is 186 Å². The van der Waals surface area contributed by atoms with Crippen LogP contribution in [0.4, 0.5) is 0 Å². The van der Waals surface area contributed by atoms with Gasteiger partial charge in [0.25, 0.3) is 5.56 Å². The van der Waals surface area contributed by atoms with Crippen LogP contribution in [0.1, 0.15) is 90.2 Å². The van der Waals surface area contributed by atoms with E-state index in [2.05, 4.69) is 11.9 Å². The number of rotatable bonds is 6. The lowest BCUT2D eigenvalue weighted by atomic mass is 9.69. The zero-order chi connectivity index (χ0) is 22.2. The molecule has 0 aromatic carbocycles. The van der Waals surface area contributed by atoms with Gasteiger partial charge < -0.3 is 14.6 Å². The number of nitrogens with zero attached hydrogens (tertiary/aromatic N) is 3. The molecule has 1 aromatic heterocycles. The van der Waals surface area contributed by atoms with Crippen molar-refractivity contribution in [3.8, 4) is 0 Å². The Morgan fingerprint density at radius 3 is 2.58 bits per heavy atom. The van der Waals surface area contributed by atoms with E-state index < -0.39 is 11.0 Å². The minimum atomic E-state index is -1.04. The van der Waals surface area contributed by atoms with Gasteiger partial charge in [-0.1, -0.05) is 52.9 Å². The Balaban J connectivity index is 1.41. The Bertz CT molecular complexity index is 854. The summed E-state index contributed by atoms with van der Waals surface area (Å²) in [6.07, 6.45) is 13.4. The van der Waals surface area contributed by atoms with Crippen molar-refractivity contribution in [1.29, 1.82) is 0 Å². The van der Waals surface area contributed by atoms with Crippen molar-refractivity contribution in [2.45, 2.75) is 96.6 Å². The molecule has 2 heterocycles. The van der Waals surface area contributed by atoms with Crippen LogP contribution in [0.25, 0.3) is 0 Å². The van der Waals surface area contributed by atoms with Gasteiger partial charge in [-0.15, -0.1) is 0 Å². The van der Waals surface area contributed by atoms with Crippen LogP contribution in [0.3, 0.4) is 0 Å². The predicted molar refractivity (Wildman–Crippen MR) is 121 cm³/mol. The SMILES string of the molecule is C[C@H](CC1CCCCC1)C(=O)N1CCC(O)(Cn2cc(C3CC3)ncc2=O)C(C)(C)C1. The van der Waals surface area contributed by atoms with Gasteiger partial charge in [0.1, 0.15) is 0 Å². The molecule has 1 aliphatic heterocycles. The zero-order valence-electron chi connectivity index (χ0n) is 19.5. The summed E-state index contributed by atoms with van der Waals surface area (Å²) in [6, 6.07) is 0. The highest BCUT2D eigenvalue weighted by molar-refractivity contribution is 5.78. The fraction of sp³-hybridized carbons (Fsp3) is 0.800. The summed E-state index contributed by atoms with van der Waals surface area (Å²) in [5.41, 5.74) is -0.769. The normalized spacial score (nSPS) is 27.8. The van der Waals surface area contributed by atoms with E-state index in [9.17, 15) is 14.7 Å². The van der Waals surface area contributed by atoms with Gasteiger partial charge in [-0.2, -0.15) is 0 Å². The second kappa shape index (κ2) is 8.68. The first kappa shape index (κ1) is 22.5. The number of aliphatic hydroxyl groups is 1. The van der Waals surface area contributed by atoms with Gasteiger partial charge in [-0.3, -0.25) is 14.6 Å². The van der Waals surface area contributed by atoms with Crippen LogP contribution >= 0.6 is 0 Å². The van der Waals surface area contributed by atoms with Crippen LogP contribution < -0.4 is 5.56 Å². The average Bonchev–Trinajstić information content (AvgIpc) is 3.57. The molecule has 2 aliphatic carbocycles. The van der Waals surface area contributed by atoms with Gasteiger partial charge in [-0.05, 0) is 31.6 Å². The molecule has 1 aromatic rings. The highest BCUT2D eigenvalue weighted by Crippen LogP contribution is 2.41. The Morgan fingerprint density at radius 1 is 1.23 bits per heavy atom. The summed E-state index contributed by atoms with van der Waals surface area (Å²) in [6.45, 7) is 7.43. The van der Waals surface area contributed by atoms with Crippen molar-refractivity contribution in [2.24, 2.45) is 17.3 Å². The molecule has 0 radical (unpaired) electrons. The third-order valence-electron chi connectivity index (χ3n) is 8.11. The smallest absolute Gasteiger partial charge is 0.269 e. The maximum atomic E-state index is 13.2. The number of aromatic nitrogens is 2. The molecule has 31 heavy (non-hydrogen) atoms. The van der Waals surface area contributed by atoms with E-state index in [-0.39, 0.29) is 23.9 Å². The van der Waals surface area contributed by atoms with Crippen LogP contribution in [0.2, 0.25) is 0 Å². The van der Waals surface area contributed by atoms with Gasteiger partial charge in [0, 0.05) is 36.5 Å². The molecule has 1 saturated heterocycles. The second-order valence-electron chi connectivity index (χ2n) is 11.1. The number of hydrogen-bond acceptors (Lipinski definition) is 4. The van der Waals surface area contributed by atoms with Crippen LogP contribution in [0.5, 0.6) is 0 Å². The van der Waals surface area contributed by atoms with Gasteiger partial charge in [0.05, 0.1) is 24.0 Å². The number of likely N-dealkylation sites (tertiary alicyclic amines) is 1. The van der Waals surface area contributed by atoms with Gasteiger partial charge in [0.15, 0.2) is 0 Å². The van der Waals surface area contributed by atoms with Crippen LogP contribution in [-0.4, -0.2) is 44.2 Å². The average molecular weight is 430 g/mol. The molecule has 172 valence electrons. The van der Waals surface area contributed by atoms with E-state index in [1.165, 1.54) is 38.3 Å². The molecule has 6 nitrogen and oxygen atoms in total. The monoisotopic (exact) mass is 429 g/mol. The summed E-state index contributed by atoms with van der Waals surface area (Å²) in [4.78, 5) is 31.8. The standard InChI is InChI=1S/C25H39N3O3/c1-18(13-19-7-5-4-6-8-19)23(30)27-12-11-25(31,24(2,3)16-27)17-28-15-21(20-9-10-20)26-14-22(28)29/h14-15,18-20,31H,4-13,16-17H2,1-3H3/t18-,25?/m1/s1. The summed E-state index contributed by atoms with van der Waals surface area (Å²) >= 11 is 0. The maximum absolute atomic E-state index is 13.2.